The molecule has 1 aromatic heterocycles. The zero-order valence-corrected chi connectivity index (χ0v) is 12.4. The van der Waals surface area contributed by atoms with Crippen LogP contribution in [0.5, 0.6) is 0 Å². The van der Waals surface area contributed by atoms with Crippen LogP contribution < -0.4 is 0 Å². The quantitative estimate of drug-likeness (QED) is 0.856. The summed E-state index contributed by atoms with van der Waals surface area (Å²) in [7, 11) is 2.17. The van der Waals surface area contributed by atoms with Crippen LogP contribution in [-0.2, 0) is 6.42 Å². The predicted octanol–water partition coefficient (Wildman–Crippen LogP) is 3.62. The van der Waals surface area contributed by atoms with Crippen LogP contribution in [0, 0.1) is 5.82 Å². The summed E-state index contributed by atoms with van der Waals surface area (Å²) in [5.41, 5.74) is 3.17. The van der Waals surface area contributed by atoms with Gasteiger partial charge in [0.15, 0.2) is 0 Å². The Morgan fingerprint density at radius 3 is 2.90 bits per heavy atom. The summed E-state index contributed by atoms with van der Waals surface area (Å²) in [6, 6.07) is 13.0. The van der Waals surface area contributed by atoms with Crippen LogP contribution in [-0.4, -0.2) is 30.0 Å². The van der Waals surface area contributed by atoms with Crippen molar-refractivity contribution in [3.05, 3.63) is 65.2 Å². The molecule has 2 aromatic rings. The minimum atomic E-state index is -0.183. The second kappa shape index (κ2) is 6.35. The molecule has 1 aromatic carbocycles. The topological polar surface area (TPSA) is 16.1 Å². The number of likely N-dealkylation sites (N-methyl/N-ethyl adjacent to an activating group) is 1. The molecule has 1 saturated heterocycles. The molecule has 3 heteroatoms. The lowest BCUT2D eigenvalue weighted by Crippen LogP contribution is -2.31. The van der Waals surface area contributed by atoms with E-state index in [9.17, 15) is 4.39 Å². The highest BCUT2D eigenvalue weighted by Gasteiger charge is 2.20. The second-order valence-corrected chi connectivity index (χ2v) is 5.96. The first kappa shape index (κ1) is 14.2. The summed E-state index contributed by atoms with van der Waals surface area (Å²) in [6.45, 7) is 2.26. The van der Waals surface area contributed by atoms with Crippen molar-refractivity contribution in [2.45, 2.75) is 25.2 Å². The molecule has 0 radical (unpaired) electrons. The van der Waals surface area contributed by atoms with Crippen molar-refractivity contribution in [3.8, 4) is 0 Å². The number of aromatic nitrogens is 1. The van der Waals surface area contributed by atoms with Gasteiger partial charge in [0.25, 0.3) is 0 Å². The first-order chi connectivity index (χ1) is 10.2. The predicted molar refractivity (Wildman–Crippen MR) is 82.9 cm³/mol. The van der Waals surface area contributed by atoms with Gasteiger partial charge in [-0.3, -0.25) is 4.98 Å². The normalized spacial score (nSPS) is 19.6. The van der Waals surface area contributed by atoms with Gasteiger partial charge in [0.05, 0.1) is 0 Å². The molecule has 1 aliphatic rings. The second-order valence-electron chi connectivity index (χ2n) is 5.96. The lowest BCUT2D eigenvalue weighted by molar-refractivity contribution is 0.248. The summed E-state index contributed by atoms with van der Waals surface area (Å²) < 4.78 is 13.3. The Kier molecular flexibility index (Phi) is 4.30. The summed E-state index contributed by atoms with van der Waals surface area (Å²) in [6.07, 6.45) is 3.13. The van der Waals surface area contributed by atoms with Gasteiger partial charge in [-0.15, -0.1) is 0 Å². The smallest absolute Gasteiger partial charge is 0.123 e. The van der Waals surface area contributed by atoms with E-state index < -0.39 is 0 Å². The van der Waals surface area contributed by atoms with Gasteiger partial charge < -0.3 is 4.90 Å². The molecule has 0 saturated carbocycles. The SMILES string of the molecule is CN1CCC[C@H](c2cccc(Cc3cccc(F)c3)n2)C1. The van der Waals surface area contributed by atoms with Gasteiger partial charge in [-0.2, -0.15) is 0 Å². The molecule has 21 heavy (non-hydrogen) atoms. The van der Waals surface area contributed by atoms with Gasteiger partial charge in [0.1, 0.15) is 5.82 Å². The van der Waals surface area contributed by atoms with E-state index in [1.54, 1.807) is 12.1 Å². The van der Waals surface area contributed by atoms with Gasteiger partial charge in [-0.1, -0.05) is 18.2 Å². The molecule has 2 heterocycles. The Balaban J connectivity index is 1.76. The average Bonchev–Trinajstić information content (AvgIpc) is 2.47. The summed E-state index contributed by atoms with van der Waals surface area (Å²) in [5, 5.41) is 0. The number of piperidine rings is 1. The molecule has 1 atom stereocenters. The Bertz CT molecular complexity index is 612. The van der Waals surface area contributed by atoms with Crippen molar-refractivity contribution >= 4 is 0 Å². The molecule has 0 bridgehead atoms. The molecule has 1 fully saturated rings. The lowest BCUT2D eigenvalue weighted by atomic mass is 9.94. The molecule has 0 amide bonds. The van der Waals surface area contributed by atoms with Crippen LogP contribution in [0.1, 0.15) is 35.7 Å². The molecule has 2 nitrogen and oxygen atoms in total. The number of rotatable bonds is 3. The van der Waals surface area contributed by atoms with Crippen LogP contribution in [0.3, 0.4) is 0 Å². The Morgan fingerprint density at radius 2 is 2.10 bits per heavy atom. The Labute approximate surface area is 125 Å². The monoisotopic (exact) mass is 284 g/mol. The van der Waals surface area contributed by atoms with Crippen molar-refractivity contribution in [1.82, 2.24) is 9.88 Å². The number of hydrogen-bond donors (Lipinski definition) is 0. The lowest BCUT2D eigenvalue weighted by Gasteiger charge is -2.29. The molecule has 0 unspecified atom stereocenters. The highest BCUT2D eigenvalue weighted by molar-refractivity contribution is 5.24. The molecule has 3 rings (SSSR count). The van der Waals surface area contributed by atoms with Gasteiger partial charge in [-0.05, 0) is 56.3 Å². The highest BCUT2D eigenvalue weighted by Crippen LogP contribution is 2.25. The van der Waals surface area contributed by atoms with Crippen LogP contribution >= 0.6 is 0 Å². The van der Waals surface area contributed by atoms with Crippen molar-refractivity contribution in [3.63, 3.8) is 0 Å². The third kappa shape index (κ3) is 3.67. The van der Waals surface area contributed by atoms with Gasteiger partial charge in [0.2, 0.25) is 0 Å². The number of nitrogens with zero attached hydrogens (tertiary/aromatic N) is 2. The van der Waals surface area contributed by atoms with Crippen LogP contribution in [0.4, 0.5) is 4.39 Å². The number of benzene rings is 1. The fourth-order valence-corrected chi connectivity index (χ4v) is 3.09. The molecule has 0 N–H and O–H groups in total. The minimum absolute atomic E-state index is 0.183. The summed E-state index contributed by atoms with van der Waals surface area (Å²) in [5.74, 6) is 0.341. The maximum atomic E-state index is 13.3. The van der Waals surface area contributed by atoms with E-state index in [1.807, 2.05) is 12.1 Å². The van der Waals surface area contributed by atoms with Crippen molar-refractivity contribution in [1.29, 1.82) is 0 Å². The molecular weight excluding hydrogens is 263 g/mol. The average molecular weight is 284 g/mol. The van der Waals surface area contributed by atoms with Gasteiger partial charge in [-0.25, -0.2) is 4.39 Å². The first-order valence-electron chi connectivity index (χ1n) is 7.59. The largest absolute Gasteiger partial charge is 0.306 e. The zero-order chi connectivity index (χ0) is 14.7. The number of likely N-dealkylation sites (tertiary alicyclic amines) is 1. The van der Waals surface area contributed by atoms with E-state index in [0.717, 1.165) is 17.8 Å². The van der Waals surface area contributed by atoms with Crippen molar-refractivity contribution < 1.29 is 4.39 Å². The van der Waals surface area contributed by atoms with Crippen molar-refractivity contribution in [2.75, 3.05) is 20.1 Å². The van der Waals surface area contributed by atoms with Crippen LogP contribution in [0.2, 0.25) is 0 Å². The summed E-state index contributed by atoms with van der Waals surface area (Å²) >= 11 is 0. The number of hydrogen-bond acceptors (Lipinski definition) is 2. The van der Waals surface area contributed by atoms with Crippen LogP contribution in [0.15, 0.2) is 42.5 Å². The maximum Gasteiger partial charge on any atom is 0.123 e. The highest BCUT2D eigenvalue weighted by atomic mass is 19.1. The first-order valence-corrected chi connectivity index (χ1v) is 7.59. The molecule has 110 valence electrons. The van der Waals surface area contributed by atoms with E-state index in [4.69, 9.17) is 4.98 Å². The summed E-state index contributed by atoms with van der Waals surface area (Å²) in [4.78, 5) is 7.18. The molecule has 0 spiro atoms. The van der Waals surface area contributed by atoms with Gasteiger partial charge in [0, 0.05) is 30.3 Å². The van der Waals surface area contributed by atoms with E-state index in [-0.39, 0.29) is 5.82 Å². The van der Waals surface area contributed by atoms with Crippen LogP contribution in [0.25, 0.3) is 0 Å². The standard InChI is InChI=1S/C18H21FN2/c1-21-10-4-6-15(13-21)18-9-3-8-17(20-18)12-14-5-2-7-16(19)11-14/h2-3,5,7-9,11,15H,4,6,10,12-13H2,1H3/t15-/m0/s1. The number of halogens is 1. The fourth-order valence-electron chi connectivity index (χ4n) is 3.09. The minimum Gasteiger partial charge on any atom is -0.306 e. The molecule has 0 aliphatic carbocycles. The molecular formula is C18H21FN2. The molecule has 1 aliphatic heterocycles. The van der Waals surface area contributed by atoms with Gasteiger partial charge >= 0.3 is 0 Å². The third-order valence-electron chi connectivity index (χ3n) is 4.15. The fraction of sp³-hybridized carbons (Fsp3) is 0.389. The maximum absolute atomic E-state index is 13.3. The Morgan fingerprint density at radius 1 is 1.24 bits per heavy atom. The van der Waals surface area contributed by atoms with E-state index in [0.29, 0.717) is 12.3 Å². The third-order valence-corrected chi connectivity index (χ3v) is 4.15. The Hall–Kier alpha value is -1.74. The van der Waals surface area contributed by atoms with Crippen molar-refractivity contribution in [2.24, 2.45) is 0 Å². The van der Waals surface area contributed by atoms with E-state index >= 15 is 0 Å². The zero-order valence-electron chi connectivity index (χ0n) is 12.4. The van der Waals surface area contributed by atoms with E-state index in [2.05, 4.69) is 24.1 Å². The number of pyridine rings is 1. The van der Waals surface area contributed by atoms with E-state index in [1.165, 1.54) is 31.1 Å².